The van der Waals surface area contributed by atoms with Crippen LogP contribution in [0.3, 0.4) is 0 Å². The summed E-state index contributed by atoms with van der Waals surface area (Å²) >= 11 is 0. The maximum atomic E-state index is 10.6. The lowest BCUT2D eigenvalue weighted by atomic mass is 10.1. The largest absolute Gasteiger partial charge is 0.481 e. The third kappa shape index (κ3) is 1.31. The molecule has 4 heteroatoms. The molecule has 4 N–H and O–H groups in total. The lowest BCUT2D eigenvalue weighted by Crippen LogP contribution is -2.02. The molecule has 1 aromatic carbocycles. The number of H-pyrrole nitrogens is 1. The first kappa shape index (κ1) is 8.62. The van der Waals surface area contributed by atoms with E-state index in [0.717, 1.165) is 10.9 Å². The number of aliphatic carboxylic acids is 1. The standard InChI is InChI=1S/C10H10N2O2/c11-10-7(5-9(13)14)6-3-1-2-4-8(6)12-10/h1-4,12H,5,11H2,(H,13,14). The smallest absolute Gasteiger partial charge is 0.307 e. The molecule has 0 atom stereocenters. The molecule has 0 bridgehead atoms. The van der Waals surface area contributed by atoms with Gasteiger partial charge in [-0.05, 0) is 6.07 Å². The molecule has 0 aliphatic rings. The van der Waals surface area contributed by atoms with Crippen LogP contribution in [0.5, 0.6) is 0 Å². The molecule has 1 heterocycles. The quantitative estimate of drug-likeness (QED) is 0.669. The lowest BCUT2D eigenvalue weighted by Gasteiger charge is -1.95. The van der Waals surface area contributed by atoms with Crippen LogP contribution in [0.2, 0.25) is 0 Å². The van der Waals surface area contributed by atoms with E-state index in [9.17, 15) is 4.79 Å². The number of nitrogens with two attached hydrogens (primary N) is 1. The van der Waals surface area contributed by atoms with Crippen molar-refractivity contribution in [3.8, 4) is 0 Å². The van der Waals surface area contributed by atoms with Crippen LogP contribution in [-0.4, -0.2) is 16.1 Å². The van der Waals surface area contributed by atoms with Crippen molar-refractivity contribution in [2.45, 2.75) is 6.42 Å². The number of carbonyl (C=O) groups is 1. The molecule has 4 nitrogen and oxygen atoms in total. The van der Waals surface area contributed by atoms with Gasteiger partial charge in [0.05, 0.1) is 6.42 Å². The average Bonchev–Trinajstić information content (AvgIpc) is 2.43. The van der Waals surface area contributed by atoms with E-state index in [1.165, 1.54) is 0 Å². The molecule has 0 spiro atoms. The molecule has 2 aromatic rings. The van der Waals surface area contributed by atoms with Gasteiger partial charge >= 0.3 is 5.97 Å². The Bertz CT molecular complexity index is 488. The Hall–Kier alpha value is -1.97. The zero-order chi connectivity index (χ0) is 10.1. The normalized spacial score (nSPS) is 10.6. The van der Waals surface area contributed by atoms with Crippen molar-refractivity contribution in [2.75, 3.05) is 5.73 Å². The fourth-order valence-electron chi connectivity index (χ4n) is 1.56. The van der Waals surface area contributed by atoms with Gasteiger partial charge in [0.2, 0.25) is 0 Å². The van der Waals surface area contributed by atoms with Gasteiger partial charge in [-0.25, -0.2) is 0 Å². The molecule has 0 aliphatic carbocycles. The summed E-state index contributed by atoms with van der Waals surface area (Å²) in [6, 6.07) is 7.47. The van der Waals surface area contributed by atoms with Crippen molar-refractivity contribution in [1.82, 2.24) is 4.98 Å². The van der Waals surface area contributed by atoms with E-state index in [1.807, 2.05) is 24.3 Å². The highest BCUT2D eigenvalue weighted by molar-refractivity contribution is 5.91. The van der Waals surface area contributed by atoms with Crippen molar-refractivity contribution in [3.05, 3.63) is 29.8 Å². The van der Waals surface area contributed by atoms with Crippen molar-refractivity contribution in [1.29, 1.82) is 0 Å². The fraction of sp³-hybridized carbons (Fsp3) is 0.100. The summed E-state index contributed by atoms with van der Waals surface area (Å²) < 4.78 is 0. The number of carboxylic acid groups (broad SMARTS) is 1. The Kier molecular flexibility index (Phi) is 1.89. The van der Waals surface area contributed by atoms with Gasteiger partial charge in [-0.15, -0.1) is 0 Å². The summed E-state index contributed by atoms with van der Waals surface area (Å²) in [4.78, 5) is 13.5. The van der Waals surface area contributed by atoms with Gasteiger partial charge in [0.25, 0.3) is 0 Å². The van der Waals surface area contributed by atoms with Crippen molar-refractivity contribution in [3.63, 3.8) is 0 Å². The van der Waals surface area contributed by atoms with Crippen molar-refractivity contribution in [2.24, 2.45) is 0 Å². The number of nitrogens with one attached hydrogen (secondary N) is 1. The number of nitrogen functional groups attached to an aromatic ring is 1. The Morgan fingerprint density at radius 2 is 2.14 bits per heavy atom. The highest BCUT2D eigenvalue weighted by atomic mass is 16.4. The number of hydrogen-bond acceptors (Lipinski definition) is 2. The summed E-state index contributed by atoms with van der Waals surface area (Å²) in [5.41, 5.74) is 7.22. The van der Waals surface area contributed by atoms with Gasteiger partial charge in [0.15, 0.2) is 0 Å². The Labute approximate surface area is 80.3 Å². The van der Waals surface area contributed by atoms with E-state index in [1.54, 1.807) is 0 Å². The second kappa shape index (κ2) is 3.06. The summed E-state index contributed by atoms with van der Waals surface area (Å²) in [5, 5.41) is 9.58. The Balaban J connectivity index is 2.62. The minimum absolute atomic E-state index is 0.0458. The number of carboxylic acids is 1. The van der Waals surface area contributed by atoms with Crippen LogP contribution in [0.4, 0.5) is 5.82 Å². The number of anilines is 1. The summed E-state index contributed by atoms with van der Waals surface area (Å²) in [6.07, 6.45) is -0.0458. The van der Waals surface area contributed by atoms with Gasteiger partial charge < -0.3 is 15.8 Å². The first-order valence-corrected chi connectivity index (χ1v) is 4.25. The van der Waals surface area contributed by atoms with Crippen LogP contribution in [0.25, 0.3) is 10.9 Å². The summed E-state index contributed by atoms with van der Waals surface area (Å²) in [5.74, 6) is -0.435. The summed E-state index contributed by atoms with van der Waals surface area (Å²) in [6.45, 7) is 0. The highest BCUT2D eigenvalue weighted by Crippen LogP contribution is 2.24. The molecule has 0 unspecified atom stereocenters. The van der Waals surface area contributed by atoms with E-state index >= 15 is 0 Å². The Morgan fingerprint density at radius 1 is 1.43 bits per heavy atom. The van der Waals surface area contributed by atoms with Gasteiger partial charge in [0.1, 0.15) is 5.82 Å². The number of fused-ring (bicyclic) bond motifs is 1. The Morgan fingerprint density at radius 3 is 2.86 bits per heavy atom. The SMILES string of the molecule is Nc1[nH]c2ccccc2c1CC(=O)O. The number of aromatic amines is 1. The zero-order valence-electron chi connectivity index (χ0n) is 7.45. The molecule has 0 saturated heterocycles. The minimum atomic E-state index is -0.874. The van der Waals surface area contributed by atoms with Crippen LogP contribution in [0.1, 0.15) is 5.56 Å². The van der Waals surface area contributed by atoms with E-state index in [0.29, 0.717) is 11.4 Å². The molecule has 0 aliphatic heterocycles. The highest BCUT2D eigenvalue weighted by Gasteiger charge is 2.11. The third-order valence-corrected chi connectivity index (χ3v) is 2.17. The fourth-order valence-corrected chi connectivity index (χ4v) is 1.56. The van der Waals surface area contributed by atoms with Gasteiger partial charge in [0, 0.05) is 16.5 Å². The zero-order valence-corrected chi connectivity index (χ0v) is 7.45. The first-order chi connectivity index (χ1) is 6.68. The monoisotopic (exact) mass is 190 g/mol. The predicted molar refractivity (Wildman–Crippen MR) is 54.1 cm³/mol. The van der Waals surface area contributed by atoms with Crippen LogP contribution < -0.4 is 5.73 Å². The molecule has 0 amide bonds. The molecule has 0 fully saturated rings. The van der Waals surface area contributed by atoms with Crippen LogP contribution in [-0.2, 0) is 11.2 Å². The second-order valence-corrected chi connectivity index (χ2v) is 3.13. The van der Waals surface area contributed by atoms with Crippen LogP contribution in [0.15, 0.2) is 24.3 Å². The lowest BCUT2D eigenvalue weighted by molar-refractivity contribution is -0.136. The predicted octanol–water partition coefficient (Wildman–Crippen LogP) is 1.38. The molecule has 72 valence electrons. The second-order valence-electron chi connectivity index (χ2n) is 3.13. The van der Waals surface area contributed by atoms with Crippen molar-refractivity contribution < 1.29 is 9.90 Å². The van der Waals surface area contributed by atoms with Gasteiger partial charge in [-0.1, -0.05) is 18.2 Å². The molecular weight excluding hydrogens is 180 g/mol. The maximum Gasteiger partial charge on any atom is 0.307 e. The van der Waals surface area contributed by atoms with E-state index < -0.39 is 5.97 Å². The van der Waals surface area contributed by atoms with Gasteiger partial charge in [-0.3, -0.25) is 4.79 Å². The molecule has 14 heavy (non-hydrogen) atoms. The topological polar surface area (TPSA) is 79.1 Å². The van der Waals surface area contributed by atoms with E-state index in [2.05, 4.69) is 4.98 Å². The van der Waals surface area contributed by atoms with Crippen molar-refractivity contribution >= 4 is 22.7 Å². The number of benzene rings is 1. The molecular formula is C10H10N2O2. The third-order valence-electron chi connectivity index (χ3n) is 2.17. The maximum absolute atomic E-state index is 10.6. The molecule has 0 radical (unpaired) electrons. The number of para-hydroxylation sites is 1. The minimum Gasteiger partial charge on any atom is -0.481 e. The average molecular weight is 190 g/mol. The number of rotatable bonds is 2. The molecule has 1 aromatic heterocycles. The van der Waals surface area contributed by atoms with E-state index in [-0.39, 0.29) is 6.42 Å². The van der Waals surface area contributed by atoms with Gasteiger partial charge in [-0.2, -0.15) is 0 Å². The first-order valence-electron chi connectivity index (χ1n) is 4.25. The molecule has 2 rings (SSSR count). The van der Waals surface area contributed by atoms with E-state index in [4.69, 9.17) is 10.8 Å². The molecule has 0 saturated carbocycles. The van der Waals surface area contributed by atoms with Crippen LogP contribution >= 0.6 is 0 Å². The van der Waals surface area contributed by atoms with Crippen LogP contribution in [0, 0.1) is 0 Å². The summed E-state index contributed by atoms with van der Waals surface area (Å²) in [7, 11) is 0. The number of hydrogen-bond donors (Lipinski definition) is 3. The number of aromatic nitrogens is 1.